The van der Waals surface area contributed by atoms with E-state index in [0.29, 0.717) is 18.8 Å². The Labute approximate surface area is 83.4 Å². The largest absolute Gasteiger partial charge is 0.393 e. The fourth-order valence-corrected chi connectivity index (χ4v) is 2.72. The Hall–Kier alpha value is -0.700. The van der Waals surface area contributed by atoms with E-state index in [-0.39, 0.29) is 11.6 Å². The van der Waals surface area contributed by atoms with Gasteiger partial charge in [-0.1, -0.05) is 0 Å². The summed E-state index contributed by atoms with van der Waals surface area (Å²) >= 11 is 0. The van der Waals surface area contributed by atoms with E-state index in [1.165, 1.54) is 0 Å². The summed E-state index contributed by atoms with van der Waals surface area (Å²) in [6.45, 7) is 1.99. The minimum atomic E-state index is -0.275. The molecule has 0 spiro atoms. The van der Waals surface area contributed by atoms with Crippen LogP contribution in [0.1, 0.15) is 25.7 Å². The maximum atomic E-state index is 10.4. The number of hydrogen-bond acceptors (Lipinski definition) is 4. The van der Waals surface area contributed by atoms with Gasteiger partial charge in [-0.15, -0.1) is 0 Å². The number of nitrogens with zero attached hydrogens (tertiary/aromatic N) is 1. The summed E-state index contributed by atoms with van der Waals surface area (Å²) in [6.07, 6.45) is 4.81. The molecule has 4 heteroatoms. The lowest BCUT2D eigenvalue weighted by Gasteiger charge is -2.47. The first-order valence-electron chi connectivity index (χ1n) is 5.25. The van der Waals surface area contributed by atoms with E-state index < -0.39 is 0 Å². The highest BCUT2D eigenvalue weighted by Crippen LogP contribution is 2.45. The third kappa shape index (κ3) is 1.61. The van der Waals surface area contributed by atoms with E-state index >= 15 is 0 Å². The number of rotatable bonds is 2. The normalized spacial score (nSPS) is 38.5. The lowest BCUT2D eigenvalue weighted by atomic mass is 9.64. The van der Waals surface area contributed by atoms with Crippen LogP contribution in [0.3, 0.4) is 0 Å². The molecule has 0 aromatic rings. The van der Waals surface area contributed by atoms with Crippen LogP contribution in [0.5, 0.6) is 0 Å². The molecule has 1 heterocycles. The van der Waals surface area contributed by atoms with Gasteiger partial charge >= 0.3 is 0 Å². The number of hydrogen-bond donors (Lipinski definition) is 2. The third-order valence-electron chi connectivity index (χ3n) is 3.55. The van der Waals surface area contributed by atoms with Crippen LogP contribution in [0, 0.1) is 5.92 Å². The number of isocyanates is 1. The Morgan fingerprint density at radius 3 is 2.50 bits per heavy atom. The van der Waals surface area contributed by atoms with Crippen LogP contribution in [-0.4, -0.2) is 35.9 Å². The Morgan fingerprint density at radius 1 is 1.36 bits per heavy atom. The highest BCUT2D eigenvalue weighted by Gasteiger charge is 2.49. The summed E-state index contributed by atoms with van der Waals surface area (Å²) in [5.74, 6) is 0.452. The van der Waals surface area contributed by atoms with Crippen LogP contribution in [0.15, 0.2) is 4.99 Å². The maximum absolute atomic E-state index is 10.4. The number of nitrogens with one attached hydrogen (secondary N) is 1. The maximum Gasteiger partial charge on any atom is 0.235 e. The molecule has 0 aromatic carbocycles. The lowest BCUT2D eigenvalue weighted by Crippen LogP contribution is -2.53. The van der Waals surface area contributed by atoms with Crippen molar-refractivity contribution in [2.45, 2.75) is 37.3 Å². The van der Waals surface area contributed by atoms with Crippen LogP contribution in [0.25, 0.3) is 0 Å². The number of aliphatic hydroxyl groups excluding tert-OH is 1. The average molecular weight is 196 g/mol. The molecule has 4 nitrogen and oxygen atoms in total. The van der Waals surface area contributed by atoms with Crippen molar-refractivity contribution in [1.29, 1.82) is 0 Å². The Balaban J connectivity index is 2.06. The number of aliphatic hydroxyl groups is 1. The second-order valence-corrected chi connectivity index (χ2v) is 4.39. The molecule has 0 amide bonds. The third-order valence-corrected chi connectivity index (χ3v) is 3.55. The summed E-state index contributed by atoms with van der Waals surface area (Å²) < 4.78 is 0. The summed E-state index contributed by atoms with van der Waals surface area (Å²) in [5.41, 5.74) is -0.275. The molecule has 0 radical (unpaired) electrons. The smallest absolute Gasteiger partial charge is 0.235 e. The SMILES string of the molecule is O=C=NC1(C2CCNCC2)CC(O)C1. The van der Waals surface area contributed by atoms with Crippen molar-refractivity contribution in [1.82, 2.24) is 5.32 Å². The van der Waals surface area contributed by atoms with E-state index in [1.54, 1.807) is 6.08 Å². The Bertz CT molecular complexity index is 249. The van der Waals surface area contributed by atoms with Crippen LogP contribution in [-0.2, 0) is 4.79 Å². The summed E-state index contributed by atoms with van der Waals surface area (Å²) in [5, 5.41) is 12.6. The van der Waals surface area contributed by atoms with Crippen molar-refractivity contribution in [2.24, 2.45) is 10.9 Å². The van der Waals surface area contributed by atoms with Crippen molar-refractivity contribution in [2.75, 3.05) is 13.1 Å². The van der Waals surface area contributed by atoms with Crippen molar-refractivity contribution in [3.05, 3.63) is 0 Å². The predicted molar refractivity (Wildman–Crippen MR) is 51.7 cm³/mol. The van der Waals surface area contributed by atoms with E-state index in [1.807, 2.05) is 0 Å². The van der Waals surface area contributed by atoms with Gasteiger partial charge in [-0.3, -0.25) is 0 Å². The molecule has 0 unspecified atom stereocenters. The fourth-order valence-electron chi connectivity index (χ4n) is 2.72. The first kappa shape index (κ1) is 9.84. The van der Waals surface area contributed by atoms with Crippen molar-refractivity contribution in [3.63, 3.8) is 0 Å². The highest BCUT2D eigenvalue weighted by molar-refractivity contribution is 5.36. The molecule has 0 aromatic heterocycles. The van der Waals surface area contributed by atoms with Gasteiger partial charge in [0.2, 0.25) is 6.08 Å². The van der Waals surface area contributed by atoms with Gasteiger partial charge in [0.1, 0.15) is 0 Å². The molecule has 0 bridgehead atoms. The van der Waals surface area contributed by atoms with Crippen LogP contribution in [0.4, 0.5) is 0 Å². The molecule has 1 aliphatic carbocycles. The van der Waals surface area contributed by atoms with Gasteiger partial charge in [-0.25, -0.2) is 4.79 Å². The minimum absolute atomic E-state index is 0.262. The molecular weight excluding hydrogens is 180 g/mol. The molecule has 2 rings (SSSR count). The van der Waals surface area contributed by atoms with Gasteiger partial charge in [0.05, 0.1) is 11.6 Å². The van der Waals surface area contributed by atoms with Crippen LogP contribution in [0.2, 0.25) is 0 Å². The first-order chi connectivity index (χ1) is 6.77. The molecule has 1 saturated heterocycles. The summed E-state index contributed by atoms with van der Waals surface area (Å²) in [6, 6.07) is 0. The molecule has 1 saturated carbocycles. The summed E-state index contributed by atoms with van der Waals surface area (Å²) in [4.78, 5) is 14.3. The fraction of sp³-hybridized carbons (Fsp3) is 0.900. The van der Waals surface area contributed by atoms with Crippen molar-refractivity contribution >= 4 is 6.08 Å². The number of aliphatic imine (C=N–C) groups is 1. The highest BCUT2D eigenvalue weighted by atomic mass is 16.3. The van der Waals surface area contributed by atoms with Crippen LogP contribution >= 0.6 is 0 Å². The minimum Gasteiger partial charge on any atom is -0.393 e. The van der Waals surface area contributed by atoms with E-state index in [9.17, 15) is 9.90 Å². The van der Waals surface area contributed by atoms with E-state index in [4.69, 9.17) is 0 Å². The molecule has 2 fully saturated rings. The van der Waals surface area contributed by atoms with Crippen molar-refractivity contribution in [3.8, 4) is 0 Å². The van der Waals surface area contributed by atoms with Gasteiger partial charge < -0.3 is 10.4 Å². The Kier molecular flexibility index (Phi) is 2.68. The zero-order chi connectivity index (χ0) is 10.0. The molecular formula is C10H16N2O2. The zero-order valence-electron chi connectivity index (χ0n) is 8.20. The monoisotopic (exact) mass is 196 g/mol. The van der Waals surface area contributed by atoms with Gasteiger partial charge in [0.25, 0.3) is 0 Å². The Morgan fingerprint density at radius 2 is 2.00 bits per heavy atom. The van der Waals surface area contributed by atoms with Gasteiger partial charge in [0.15, 0.2) is 0 Å². The number of carbonyl (C=O) groups excluding carboxylic acids is 1. The molecule has 1 aliphatic heterocycles. The molecule has 2 N–H and O–H groups in total. The molecule has 78 valence electrons. The zero-order valence-corrected chi connectivity index (χ0v) is 8.20. The second-order valence-electron chi connectivity index (χ2n) is 4.39. The van der Waals surface area contributed by atoms with Crippen molar-refractivity contribution < 1.29 is 9.90 Å². The standard InChI is InChI=1S/C10H16N2O2/c13-7-12-10(5-9(14)6-10)8-1-3-11-4-2-8/h8-9,11,14H,1-6H2. The molecule has 2 aliphatic rings. The first-order valence-corrected chi connectivity index (χ1v) is 5.25. The number of piperidine rings is 1. The van der Waals surface area contributed by atoms with Gasteiger partial charge in [-0.2, -0.15) is 4.99 Å². The molecule has 14 heavy (non-hydrogen) atoms. The average Bonchev–Trinajstić information content (AvgIpc) is 2.17. The summed E-state index contributed by atoms with van der Waals surface area (Å²) in [7, 11) is 0. The van der Waals surface area contributed by atoms with Gasteiger partial charge in [0, 0.05) is 0 Å². The van der Waals surface area contributed by atoms with Gasteiger partial charge in [-0.05, 0) is 44.7 Å². The quantitative estimate of drug-likeness (QED) is 0.490. The lowest BCUT2D eigenvalue weighted by molar-refractivity contribution is -0.0142. The predicted octanol–water partition coefficient (Wildman–Crippen LogP) is 0.215. The van der Waals surface area contributed by atoms with Crippen LogP contribution < -0.4 is 5.32 Å². The second kappa shape index (κ2) is 3.81. The molecule has 0 atom stereocenters. The van der Waals surface area contributed by atoms with E-state index in [2.05, 4.69) is 10.3 Å². The van der Waals surface area contributed by atoms with E-state index in [0.717, 1.165) is 25.9 Å². The topological polar surface area (TPSA) is 61.7 Å².